The molecule has 0 radical (unpaired) electrons. The number of nitrogens with two attached hydrogens (primary N) is 1. The highest BCUT2D eigenvalue weighted by atomic mass is 127. The summed E-state index contributed by atoms with van der Waals surface area (Å²) in [6.07, 6.45) is 2.12. The van der Waals surface area contributed by atoms with Gasteiger partial charge in [0.05, 0.1) is 8.45 Å². The van der Waals surface area contributed by atoms with E-state index in [9.17, 15) is 4.79 Å². The van der Waals surface area contributed by atoms with Crippen molar-refractivity contribution in [3.8, 4) is 0 Å². The summed E-state index contributed by atoms with van der Waals surface area (Å²) in [5, 5.41) is 1.93. The summed E-state index contributed by atoms with van der Waals surface area (Å²) in [6, 6.07) is 2.19. The minimum atomic E-state index is 0.141. The van der Waals surface area contributed by atoms with Gasteiger partial charge >= 0.3 is 0 Å². The number of likely N-dealkylation sites (tertiary alicyclic amines) is 1. The van der Waals surface area contributed by atoms with Gasteiger partial charge in [-0.05, 0) is 41.5 Å². The largest absolute Gasteiger partial charge is 0.334 e. The first-order chi connectivity index (χ1) is 7.22. The van der Waals surface area contributed by atoms with Gasteiger partial charge in [0.25, 0.3) is 5.91 Å². The monoisotopic (exact) mass is 336 g/mol. The molecule has 1 unspecified atom stereocenters. The van der Waals surface area contributed by atoms with E-state index in [4.69, 9.17) is 5.73 Å². The van der Waals surface area contributed by atoms with Gasteiger partial charge in [0.1, 0.15) is 0 Å². The Morgan fingerprint density at radius 3 is 3.13 bits per heavy atom. The van der Waals surface area contributed by atoms with Crippen LogP contribution in [-0.2, 0) is 0 Å². The molecular weight excluding hydrogens is 323 g/mol. The Morgan fingerprint density at radius 1 is 1.73 bits per heavy atom. The molecule has 1 fully saturated rings. The zero-order valence-electron chi connectivity index (χ0n) is 8.28. The molecule has 0 aromatic carbocycles. The lowest BCUT2D eigenvalue weighted by Crippen LogP contribution is -2.39. The molecule has 1 saturated heterocycles. The van der Waals surface area contributed by atoms with Crippen molar-refractivity contribution in [2.75, 3.05) is 13.1 Å². The Labute approximate surface area is 107 Å². The van der Waals surface area contributed by atoms with Gasteiger partial charge in [0.2, 0.25) is 0 Å². The maximum atomic E-state index is 12.1. The molecule has 0 spiro atoms. The molecule has 2 N–H and O–H groups in total. The molecule has 5 heteroatoms. The second kappa shape index (κ2) is 4.80. The molecule has 0 aliphatic carbocycles. The highest BCUT2D eigenvalue weighted by Gasteiger charge is 2.28. The van der Waals surface area contributed by atoms with Crippen LogP contribution in [0.2, 0.25) is 0 Å². The van der Waals surface area contributed by atoms with Crippen LogP contribution in [0.5, 0.6) is 0 Å². The lowest BCUT2D eigenvalue weighted by Gasteiger charge is -2.22. The van der Waals surface area contributed by atoms with Gasteiger partial charge < -0.3 is 10.6 Å². The van der Waals surface area contributed by atoms with E-state index in [0.29, 0.717) is 6.54 Å². The molecule has 1 amide bonds. The number of nitrogens with zero attached hydrogens (tertiary/aromatic N) is 1. The van der Waals surface area contributed by atoms with Crippen molar-refractivity contribution >= 4 is 39.8 Å². The zero-order chi connectivity index (χ0) is 10.8. The third-order valence-corrected chi connectivity index (χ3v) is 4.51. The van der Waals surface area contributed by atoms with Crippen LogP contribution >= 0.6 is 33.9 Å². The average molecular weight is 336 g/mol. The van der Waals surface area contributed by atoms with Crippen LogP contribution in [0, 0.1) is 2.88 Å². The van der Waals surface area contributed by atoms with Gasteiger partial charge in [0.15, 0.2) is 0 Å². The van der Waals surface area contributed by atoms with E-state index in [1.54, 1.807) is 11.3 Å². The number of carbonyl (C=O) groups excluding carboxylic acids is 1. The van der Waals surface area contributed by atoms with Crippen molar-refractivity contribution in [1.29, 1.82) is 0 Å². The Morgan fingerprint density at radius 2 is 2.53 bits per heavy atom. The predicted molar refractivity (Wildman–Crippen MR) is 70.1 cm³/mol. The highest BCUT2D eigenvalue weighted by Crippen LogP contribution is 2.22. The first kappa shape index (κ1) is 11.3. The number of amides is 1. The number of thiophene rings is 1. The number of hydrogen-bond acceptors (Lipinski definition) is 3. The molecule has 1 aliphatic rings. The van der Waals surface area contributed by atoms with Gasteiger partial charge in [-0.2, -0.15) is 0 Å². The van der Waals surface area contributed by atoms with Crippen molar-refractivity contribution in [1.82, 2.24) is 4.90 Å². The van der Waals surface area contributed by atoms with E-state index < -0.39 is 0 Å². The fourth-order valence-electron chi connectivity index (χ4n) is 1.94. The molecular formula is C10H13IN2OS. The Balaban J connectivity index is 2.13. The fraction of sp³-hybridized carbons (Fsp3) is 0.500. The molecule has 1 aromatic heterocycles. The van der Waals surface area contributed by atoms with Crippen molar-refractivity contribution in [3.05, 3.63) is 19.9 Å². The minimum Gasteiger partial charge on any atom is -0.334 e. The highest BCUT2D eigenvalue weighted by molar-refractivity contribution is 14.1. The van der Waals surface area contributed by atoms with Crippen LogP contribution in [0.15, 0.2) is 11.4 Å². The molecule has 0 bridgehead atoms. The second-order valence-corrected chi connectivity index (χ2v) is 6.48. The zero-order valence-corrected chi connectivity index (χ0v) is 11.3. The van der Waals surface area contributed by atoms with Crippen LogP contribution in [0.4, 0.5) is 0 Å². The quantitative estimate of drug-likeness (QED) is 0.839. The second-order valence-electron chi connectivity index (χ2n) is 3.67. The van der Waals surface area contributed by atoms with E-state index in [-0.39, 0.29) is 11.9 Å². The van der Waals surface area contributed by atoms with E-state index in [2.05, 4.69) is 22.6 Å². The van der Waals surface area contributed by atoms with Crippen molar-refractivity contribution < 1.29 is 4.79 Å². The van der Waals surface area contributed by atoms with Crippen LogP contribution in [0.1, 0.15) is 23.2 Å². The fourth-order valence-corrected chi connectivity index (χ4v) is 3.26. The van der Waals surface area contributed by atoms with Crippen LogP contribution < -0.4 is 5.73 Å². The normalized spacial score (nSPS) is 20.9. The van der Waals surface area contributed by atoms with Gasteiger partial charge in [-0.15, -0.1) is 11.3 Å². The van der Waals surface area contributed by atoms with Crippen molar-refractivity contribution in [2.24, 2.45) is 5.73 Å². The topological polar surface area (TPSA) is 46.3 Å². The molecule has 1 aliphatic heterocycles. The molecule has 3 nitrogen and oxygen atoms in total. The summed E-state index contributed by atoms with van der Waals surface area (Å²) in [7, 11) is 0. The summed E-state index contributed by atoms with van der Waals surface area (Å²) in [5.74, 6) is 0.141. The SMILES string of the molecule is NCC1CCCN1C(=O)c1csc(I)c1. The molecule has 2 heterocycles. The molecule has 82 valence electrons. The summed E-state index contributed by atoms with van der Waals surface area (Å²) in [6.45, 7) is 1.43. The van der Waals surface area contributed by atoms with Gasteiger partial charge in [-0.25, -0.2) is 0 Å². The van der Waals surface area contributed by atoms with E-state index in [0.717, 1.165) is 27.8 Å². The van der Waals surface area contributed by atoms with E-state index >= 15 is 0 Å². The van der Waals surface area contributed by atoms with Gasteiger partial charge in [0, 0.05) is 24.5 Å². The first-order valence-electron chi connectivity index (χ1n) is 4.97. The molecule has 2 rings (SSSR count). The summed E-state index contributed by atoms with van der Waals surface area (Å²) in [4.78, 5) is 14.0. The minimum absolute atomic E-state index is 0.141. The van der Waals surface area contributed by atoms with Gasteiger partial charge in [-0.1, -0.05) is 0 Å². The number of hydrogen-bond donors (Lipinski definition) is 1. The van der Waals surface area contributed by atoms with Crippen LogP contribution in [-0.4, -0.2) is 29.9 Å². The van der Waals surface area contributed by atoms with Crippen molar-refractivity contribution in [3.63, 3.8) is 0 Å². The van der Waals surface area contributed by atoms with Crippen LogP contribution in [0.3, 0.4) is 0 Å². The third kappa shape index (κ3) is 2.34. The lowest BCUT2D eigenvalue weighted by molar-refractivity contribution is 0.0741. The number of carbonyl (C=O) groups is 1. The Bertz CT molecular complexity index is 366. The standard InChI is InChI=1S/C10H13IN2OS/c11-9-4-7(6-15-9)10(14)13-3-1-2-8(13)5-12/h4,6,8H,1-3,5,12H2. The third-order valence-electron chi connectivity index (χ3n) is 2.72. The number of rotatable bonds is 2. The van der Waals surface area contributed by atoms with E-state index in [1.807, 2.05) is 16.3 Å². The number of halogens is 1. The maximum Gasteiger partial charge on any atom is 0.255 e. The Hall–Kier alpha value is -0.140. The molecule has 15 heavy (non-hydrogen) atoms. The molecule has 1 atom stereocenters. The molecule has 1 aromatic rings. The first-order valence-corrected chi connectivity index (χ1v) is 6.93. The van der Waals surface area contributed by atoms with Crippen molar-refractivity contribution in [2.45, 2.75) is 18.9 Å². The summed E-state index contributed by atoms with van der Waals surface area (Å²) >= 11 is 3.84. The molecule has 0 saturated carbocycles. The Kier molecular flexibility index (Phi) is 3.63. The lowest BCUT2D eigenvalue weighted by atomic mass is 10.2. The maximum absolute atomic E-state index is 12.1. The average Bonchev–Trinajstić information content (AvgIpc) is 2.84. The van der Waals surface area contributed by atoms with E-state index in [1.165, 1.54) is 0 Å². The smallest absolute Gasteiger partial charge is 0.255 e. The summed E-state index contributed by atoms with van der Waals surface area (Å²) in [5.41, 5.74) is 6.46. The van der Waals surface area contributed by atoms with Crippen LogP contribution in [0.25, 0.3) is 0 Å². The van der Waals surface area contributed by atoms with Gasteiger partial charge in [-0.3, -0.25) is 4.79 Å². The predicted octanol–water partition coefficient (Wildman–Crippen LogP) is 1.92. The summed E-state index contributed by atoms with van der Waals surface area (Å²) < 4.78 is 1.15.